The van der Waals surface area contributed by atoms with E-state index in [1.54, 1.807) is 0 Å². The summed E-state index contributed by atoms with van der Waals surface area (Å²) >= 11 is 0. The molecule has 1 aliphatic carbocycles. The van der Waals surface area contributed by atoms with E-state index in [0.29, 0.717) is 6.61 Å². The second kappa shape index (κ2) is 4.73. The summed E-state index contributed by atoms with van der Waals surface area (Å²) in [5.74, 6) is 1.72. The zero-order valence-electron chi connectivity index (χ0n) is 7.25. The van der Waals surface area contributed by atoms with Crippen LogP contribution in [0.1, 0.15) is 39.0 Å². The maximum atomic E-state index is 8.15. The Morgan fingerprint density at radius 1 is 1.27 bits per heavy atom. The molecule has 2 heteroatoms. The molecule has 1 N–H and O–H groups in total. The molecule has 1 fully saturated rings. The van der Waals surface area contributed by atoms with Gasteiger partial charge in [-0.15, -0.1) is 0 Å². The molecule has 1 saturated carbocycles. The molecule has 0 amide bonds. The molecule has 0 atom stereocenters. The monoisotopic (exact) mass is 158 g/mol. The highest BCUT2D eigenvalue weighted by Gasteiger charge is 2.17. The average molecular weight is 158 g/mol. The molecule has 2 nitrogen and oxygen atoms in total. The van der Waals surface area contributed by atoms with Crippen LogP contribution in [0.2, 0.25) is 0 Å². The van der Waals surface area contributed by atoms with Gasteiger partial charge in [0.25, 0.3) is 0 Å². The summed E-state index contributed by atoms with van der Waals surface area (Å²) in [7, 11) is 0. The minimum atomic E-state index is 0.513. The Kier molecular flexibility index (Phi) is 3.87. The fourth-order valence-electron chi connectivity index (χ4n) is 1.84. The van der Waals surface area contributed by atoms with E-state index in [-0.39, 0.29) is 0 Å². The maximum absolute atomic E-state index is 8.15. The van der Waals surface area contributed by atoms with Crippen LogP contribution in [0.4, 0.5) is 0 Å². The molecular formula is C9H18O2. The van der Waals surface area contributed by atoms with Crippen LogP contribution in [0.5, 0.6) is 0 Å². The van der Waals surface area contributed by atoms with Crippen LogP contribution in [0.15, 0.2) is 0 Å². The lowest BCUT2D eigenvalue weighted by Gasteiger charge is -2.25. The van der Waals surface area contributed by atoms with Crippen molar-refractivity contribution >= 4 is 0 Å². The summed E-state index contributed by atoms with van der Waals surface area (Å²) in [5, 5.41) is 8.15. The van der Waals surface area contributed by atoms with Crippen molar-refractivity contribution in [1.29, 1.82) is 0 Å². The van der Waals surface area contributed by atoms with Crippen molar-refractivity contribution in [3.05, 3.63) is 0 Å². The van der Waals surface area contributed by atoms with Crippen molar-refractivity contribution in [2.45, 2.75) is 39.0 Å². The molecule has 66 valence electrons. The lowest BCUT2D eigenvalue weighted by molar-refractivity contribution is -0.244. The van der Waals surface area contributed by atoms with E-state index in [1.165, 1.54) is 25.7 Å². The van der Waals surface area contributed by atoms with E-state index in [9.17, 15) is 0 Å². The highest BCUT2D eigenvalue weighted by atomic mass is 17.1. The first kappa shape index (κ1) is 9.01. The minimum absolute atomic E-state index is 0.513. The Morgan fingerprint density at radius 3 is 2.45 bits per heavy atom. The molecule has 0 bridgehead atoms. The predicted octanol–water partition coefficient (Wildman–Crippen LogP) is 2.69. The quantitative estimate of drug-likeness (QED) is 0.505. The van der Waals surface area contributed by atoms with Gasteiger partial charge in [-0.2, -0.15) is 0 Å². The highest BCUT2D eigenvalue weighted by Crippen LogP contribution is 2.29. The molecular weight excluding hydrogens is 140 g/mol. The minimum Gasteiger partial charge on any atom is -0.252 e. The third-order valence-electron chi connectivity index (χ3n) is 2.75. The third kappa shape index (κ3) is 3.21. The van der Waals surface area contributed by atoms with Crippen LogP contribution in [0.25, 0.3) is 0 Å². The largest absolute Gasteiger partial charge is 0.252 e. The Hall–Kier alpha value is -0.0800. The van der Waals surface area contributed by atoms with Gasteiger partial charge in [0, 0.05) is 0 Å². The van der Waals surface area contributed by atoms with Gasteiger partial charge in [-0.05, 0) is 18.3 Å². The van der Waals surface area contributed by atoms with Crippen molar-refractivity contribution < 1.29 is 10.1 Å². The first-order valence-corrected chi connectivity index (χ1v) is 4.59. The van der Waals surface area contributed by atoms with E-state index in [4.69, 9.17) is 5.26 Å². The lowest BCUT2D eigenvalue weighted by Crippen LogP contribution is -2.13. The van der Waals surface area contributed by atoms with Crippen molar-refractivity contribution in [2.24, 2.45) is 11.8 Å². The standard InChI is InChI=1S/C9H18O2/c1-8-2-4-9(5-3-8)6-7-11-10/h8-10H,2-7H2,1H3. The van der Waals surface area contributed by atoms with Gasteiger partial charge in [0.2, 0.25) is 0 Å². The van der Waals surface area contributed by atoms with Gasteiger partial charge in [0.15, 0.2) is 0 Å². The molecule has 0 aromatic heterocycles. The Balaban J connectivity index is 2.07. The second-order valence-corrected chi connectivity index (χ2v) is 3.75. The van der Waals surface area contributed by atoms with Gasteiger partial charge in [-0.1, -0.05) is 32.6 Å². The SMILES string of the molecule is CC1CCC(CCOO)CC1. The summed E-state index contributed by atoms with van der Waals surface area (Å²) in [6, 6.07) is 0. The fraction of sp³-hybridized carbons (Fsp3) is 1.00. The molecule has 0 saturated heterocycles. The Bertz CT molecular complexity index is 93.0. The number of hydrogen-bond acceptors (Lipinski definition) is 2. The van der Waals surface area contributed by atoms with E-state index < -0.39 is 0 Å². The molecule has 1 aliphatic rings. The summed E-state index contributed by atoms with van der Waals surface area (Å²) in [6.45, 7) is 2.83. The molecule has 0 radical (unpaired) electrons. The van der Waals surface area contributed by atoms with E-state index in [0.717, 1.165) is 18.3 Å². The number of hydrogen-bond donors (Lipinski definition) is 1. The van der Waals surface area contributed by atoms with Crippen LogP contribution in [0, 0.1) is 11.8 Å². The van der Waals surface area contributed by atoms with Crippen LogP contribution in [-0.4, -0.2) is 11.9 Å². The molecule has 0 spiro atoms. The van der Waals surface area contributed by atoms with Gasteiger partial charge >= 0.3 is 0 Å². The predicted molar refractivity (Wildman–Crippen MR) is 44.3 cm³/mol. The molecule has 0 aromatic carbocycles. The van der Waals surface area contributed by atoms with Crippen molar-refractivity contribution in [3.8, 4) is 0 Å². The van der Waals surface area contributed by atoms with E-state index in [2.05, 4.69) is 11.8 Å². The topological polar surface area (TPSA) is 29.5 Å². The van der Waals surface area contributed by atoms with Crippen molar-refractivity contribution in [3.63, 3.8) is 0 Å². The zero-order valence-corrected chi connectivity index (χ0v) is 7.25. The Morgan fingerprint density at radius 2 is 1.91 bits per heavy atom. The molecule has 0 heterocycles. The summed E-state index contributed by atoms with van der Waals surface area (Å²) in [5.41, 5.74) is 0. The summed E-state index contributed by atoms with van der Waals surface area (Å²) < 4.78 is 0. The smallest absolute Gasteiger partial charge is 0.0822 e. The van der Waals surface area contributed by atoms with Crippen LogP contribution in [0.3, 0.4) is 0 Å². The summed E-state index contributed by atoms with van der Waals surface area (Å²) in [4.78, 5) is 4.07. The van der Waals surface area contributed by atoms with Crippen LogP contribution >= 0.6 is 0 Å². The lowest BCUT2D eigenvalue weighted by atomic mass is 9.82. The van der Waals surface area contributed by atoms with Gasteiger partial charge in [0.05, 0.1) is 6.61 Å². The zero-order chi connectivity index (χ0) is 8.10. The van der Waals surface area contributed by atoms with Gasteiger partial charge < -0.3 is 0 Å². The third-order valence-corrected chi connectivity index (χ3v) is 2.75. The molecule has 0 unspecified atom stereocenters. The van der Waals surface area contributed by atoms with Gasteiger partial charge in [-0.3, -0.25) is 5.26 Å². The van der Waals surface area contributed by atoms with Crippen LogP contribution in [-0.2, 0) is 4.89 Å². The van der Waals surface area contributed by atoms with E-state index in [1.807, 2.05) is 0 Å². The first-order valence-electron chi connectivity index (χ1n) is 4.59. The average Bonchev–Trinajstić information content (AvgIpc) is 2.04. The normalized spacial score (nSPS) is 32.2. The highest BCUT2D eigenvalue weighted by molar-refractivity contribution is 4.69. The fourth-order valence-corrected chi connectivity index (χ4v) is 1.84. The maximum Gasteiger partial charge on any atom is 0.0822 e. The molecule has 1 rings (SSSR count). The van der Waals surface area contributed by atoms with Crippen LogP contribution < -0.4 is 0 Å². The summed E-state index contributed by atoms with van der Waals surface area (Å²) in [6.07, 6.45) is 6.39. The molecule has 11 heavy (non-hydrogen) atoms. The Labute approximate surface area is 68.5 Å². The first-order chi connectivity index (χ1) is 5.33. The number of rotatable bonds is 3. The van der Waals surface area contributed by atoms with Crippen molar-refractivity contribution in [1.82, 2.24) is 0 Å². The molecule has 0 aromatic rings. The van der Waals surface area contributed by atoms with E-state index >= 15 is 0 Å². The van der Waals surface area contributed by atoms with Gasteiger partial charge in [-0.25, -0.2) is 4.89 Å². The van der Waals surface area contributed by atoms with Gasteiger partial charge in [0.1, 0.15) is 0 Å². The second-order valence-electron chi connectivity index (χ2n) is 3.75. The molecule has 0 aliphatic heterocycles. The van der Waals surface area contributed by atoms with Crippen molar-refractivity contribution in [2.75, 3.05) is 6.61 Å².